The number of halogens is 4. The molecule has 0 aliphatic rings. The summed E-state index contributed by atoms with van der Waals surface area (Å²) in [5.41, 5.74) is -1.86. The molecule has 2 heterocycles. The summed E-state index contributed by atoms with van der Waals surface area (Å²) < 4.78 is 67.5. The van der Waals surface area contributed by atoms with Crippen molar-refractivity contribution < 1.29 is 21.6 Å². The fourth-order valence-corrected chi connectivity index (χ4v) is 5.03. The van der Waals surface area contributed by atoms with Crippen molar-refractivity contribution in [1.29, 1.82) is 0 Å². The van der Waals surface area contributed by atoms with Gasteiger partial charge in [0.25, 0.3) is 5.16 Å². The van der Waals surface area contributed by atoms with E-state index in [0.717, 1.165) is 15.0 Å². The molecular weight excluding hydrogens is 469 g/mol. The number of sulfone groups is 1. The summed E-state index contributed by atoms with van der Waals surface area (Å²) >= 11 is 6.04. The normalized spacial score (nSPS) is 12.4. The van der Waals surface area contributed by atoms with Gasteiger partial charge in [-0.2, -0.15) is 13.2 Å². The second-order valence-electron chi connectivity index (χ2n) is 6.95. The number of hydrogen-bond acceptors (Lipinski definition) is 5. The Labute approximate surface area is 184 Å². The van der Waals surface area contributed by atoms with Crippen LogP contribution in [0.2, 0.25) is 5.02 Å². The molecule has 0 unspecified atom stereocenters. The zero-order valence-corrected chi connectivity index (χ0v) is 17.9. The average molecular weight is 483 g/mol. The first-order valence-electron chi connectivity index (χ1n) is 9.10. The van der Waals surface area contributed by atoms with Crippen molar-refractivity contribution in [2.45, 2.75) is 24.0 Å². The van der Waals surface area contributed by atoms with Gasteiger partial charge in [0, 0.05) is 17.4 Å². The molecule has 2 aromatic carbocycles. The highest BCUT2D eigenvalue weighted by Crippen LogP contribution is 2.33. The molecule has 4 rings (SSSR count). The number of nitrogens with zero attached hydrogens (tertiary/aromatic N) is 4. The van der Waals surface area contributed by atoms with Crippen molar-refractivity contribution in [2.75, 3.05) is 0 Å². The Morgan fingerprint density at radius 1 is 1.03 bits per heavy atom. The number of aromatic nitrogens is 4. The number of hydrogen-bond donors (Lipinski definition) is 0. The second-order valence-corrected chi connectivity index (χ2v) is 9.24. The summed E-state index contributed by atoms with van der Waals surface area (Å²) in [7, 11) is -4.04. The molecule has 0 spiro atoms. The Balaban J connectivity index is 1.82. The molecule has 0 bridgehead atoms. The van der Waals surface area contributed by atoms with E-state index in [1.807, 2.05) is 0 Å². The van der Waals surface area contributed by atoms with Crippen LogP contribution < -0.4 is 5.56 Å². The standard InChI is InChI=1S/C20H14ClF3N4O3S/c1-12-14(20(22,23)24)6-4-8-16(12)27-9-10-28-17(18(27)29)25-26-19(28)32(30,31)11-13-5-2-3-7-15(13)21/h2-10H,11H2,1H3. The van der Waals surface area contributed by atoms with Gasteiger partial charge in [-0.3, -0.25) is 13.8 Å². The quantitative estimate of drug-likeness (QED) is 0.441. The molecular formula is C20H14ClF3N4O3S. The minimum Gasteiger partial charge on any atom is -0.279 e. The van der Waals surface area contributed by atoms with Gasteiger partial charge in [-0.25, -0.2) is 8.42 Å². The topological polar surface area (TPSA) is 86.3 Å². The molecule has 0 saturated carbocycles. The van der Waals surface area contributed by atoms with Crippen LogP contribution in [0.15, 0.2) is 64.8 Å². The van der Waals surface area contributed by atoms with Gasteiger partial charge in [-0.05, 0) is 36.2 Å². The van der Waals surface area contributed by atoms with Crippen molar-refractivity contribution in [1.82, 2.24) is 19.2 Å². The monoisotopic (exact) mass is 482 g/mol. The van der Waals surface area contributed by atoms with Crippen LogP contribution >= 0.6 is 11.6 Å². The molecule has 0 fully saturated rings. The minimum atomic E-state index is -4.59. The smallest absolute Gasteiger partial charge is 0.279 e. The van der Waals surface area contributed by atoms with Gasteiger partial charge in [0.2, 0.25) is 15.5 Å². The van der Waals surface area contributed by atoms with E-state index >= 15 is 0 Å². The Morgan fingerprint density at radius 3 is 2.44 bits per heavy atom. The molecule has 0 N–H and O–H groups in total. The van der Waals surface area contributed by atoms with E-state index < -0.39 is 38.0 Å². The lowest BCUT2D eigenvalue weighted by atomic mass is 10.1. The maximum absolute atomic E-state index is 13.2. The molecule has 2 aromatic heterocycles. The van der Waals surface area contributed by atoms with Crippen LogP contribution in [-0.4, -0.2) is 27.6 Å². The van der Waals surface area contributed by atoms with Crippen LogP contribution in [0.3, 0.4) is 0 Å². The Bertz CT molecular complexity index is 1510. The summed E-state index contributed by atoms with van der Waals surface area (Å²) in [6, 6.07) is 9.84. The van der Waals surface area contributed by atoms with Gasteiger partial charge >= 0.3 is 11.7 Å². The number of rotatable bonds is 4. The first-order chi connectivity index (χ1) is 15.0. The van der Waals surface area contributed by atoms with Crippen LogP contribution in [0.25, 0.3) is 11.3 Å². The minimum absolute atomic E-state index is 0.00389. The highest BCUT2D eigenvalue weighted by atomic mass is 35.5. The van der Waals surface area contributed by atoms with E-state index in [-0.39, 0.29) is 21.9 Å². The van der Waals surface area contributed by atoms with Crippen molar-refractivity contribution in [3.63, 3.8) is 0 Å². The van der Waals surface area contributed by atoms with E-state index in [4.69, 9.17) is 11.6 Å². The molecule has 0 atom stereocenters. The molecule has 12 heteroatoms. The molecule has 166 valence electrons. The SMILES string of the molecule is Cc1c(-n2ccn3c(S(=O)(=O)Cc4ccccc4Cl)nnc3c2=O)cccc1C(F)(F)F. The maximum atomic E-state index is 13.2. The van der Waals surface area contributed by atoms with Gasteiger partial charge in [-0.1, -0.05) is 35.9 Å². The van der Waals surface area contributed by atoms with Crippen molar-refractivity contribution >= 4 is 27.1 Å². The Morgan fingerprint density at radius 2 is 1.75 bits per heavy atom. The predicted molar refractivity (Wildman–Crippen MR) is 111 cm³/mol. The summed E-state index contributed by atoms with van der Waals surface area (Å²) in [4.78, 5) is 12.9. The van der Waals surface area contributed by atoms with Gasteiger partial charge in [0.1, 0.15) is 0 Å². The lowest BCUT2D eigenvalue weighted by Crippen LogP contribution is -2.22. The maximum Gasteiger partial charge on any atom is 0.416 e. The highest BCUT2D eigenvalue weighted by molar-refractivity contribution is 7.90. The lowest BCUT2D eigenvalue weighted by molar-refractivity contribution is -0.138. The van der Waals surface area contributed by atoms with Crippen molar-refractivity contribution in [3.05, 3.63) is 86.9 Å². The van der Waals surface area contributed by atoms with E-state index in [1.165, 1.54) is 31.5 Å². The van der Waals surface area contributed by atoms with Gasteiger partial charge in [-0.15, -0.1) is 10.2 Å². The Hall–Kier alpha value is -3.18. The summed E-state index contributed by atoms with van der Waals surface area (Å²) in [6.45, 7) is 1.25. The first-order valence-corrected chi connectivity index (χ1v) is 11.1. The third-order valence-electron chi connectivity index (χ3n) is 4.89. The fourth-order valence-electron chi connectivity index (χ4n) is 3.34. The van der Waals surface area contributed by atoms with Crippen LogP contribution in [0, 0.1) is 6.92 Å². The van der Waals surface area contributed by atoms with Gasteiger partial charge in [0.05, 0.1) is 17.0 Å². The molecule has 7 nitrogen and oxygen atoms in total. The summed E-state index contributed by atoms with van der Waals surface area (Å²) in [5.74, 6) is -0.469. The second kappa shape index (κ2) is 7.75. The molecule has 0 aliphatic heterocycles. The van der Waals surface area contributed by atoms with Gasteiger partial charge in [0.15, 0.2) is 0 Å². The Kier molecular flexibility index (Phi) is 5.33. The van der Waals surface area contributed by atoms with E-state index in [9.17, 15) is 26.4 Å². The third kappa shape index (κ3) is 3.78. The van der Waals surface area contributed by atoms with Gasteiger partial charge < -0.3 is 0 Å². The fraction of sp³-hybridized carbons (Fsp3) is 0.150. The number of fused-ring (bicyclic) bond motifs is 1. The molecule has 32 heavy (non-hydrogen) atoms. The molecule has 0 amide bonds. The average Bonchev–Trinajstić information content (AvgIpc) is 3.16. The molecule has 0 saturated heterocycles. The number of benzene rings is 2. The summed E-state index contributed by atoms with van der Waals surface area (Å²) in [5, 5.41) is 7.12. The zero-order valence-electron chi connectivity index (χ0n) is 16.3. The molecule has 0 radical (unpaired) electrons. The van der Waals surface area contributed by atoms with E-state index in [1.54, 1.807) is 24.3 Å². The number of alkyl halides is 3. The molecule has 4 aromatic rings. The van der Waals surface area contributed by atoms with E-state index in [2.05, 4.69) is 10.2 Å². The van der Waals surface area contributed by atoms with Crippen LogP contribution in [-0.2, 0) is 21.8 Å². The molecule has 0 aliphatic carbocycles. The first kappa shape index (κ1) is 22.0. The predicted octanol–water partition coefficient (Wildman–Crippen LogP) is 3.83. The van der Waals surface area contributed by atoms with E-state index in [0.29, 0.717) is 5.56 Å². The van der Waals surface area contributed by atoms with Crippen molar-refractivity contribution in [3.8, 4) is 5.69 Å². The largest absolute Gasteiger partial charge is 0.416 e. The van der Waals surface area contributed by atoms with Crippen molar-refractivity contribution in [2.24, 2.45) is 0 Å². The van der Waals surface area contributed by atoms with Crippen LogP contribution in [0.1, 0.15) is 16.7 Å². The summed E-state index contributed by atoms with van der Waals surface area (Å²) in [6.07, 6.45) is -2.20. The highest BCUT2D eigenvalue weighted by Gasteiger charge is 2.33. The lowest BCUT2D eigenvalue weighted by Gasteiger charge is -2.15. The van der Waals surface area contributed by atoms with Crippen LogP contribution in [0.4, 0.5) is 13.2 Å². The third-order valence-corrected chi connectivity index (χ3v) is 6.79. The van der Waals surface area contributed by atoms with Crippen LogP contribution in [0.5, 0.6) is 0 Å². The zero-order chi connectivity index (χ0) is 23.3.